The van der Waals surface area contributed by atoms with E-state index in [0.717, 1.165) is 0 Å². The smallest absolute Gasteiger partial charge is 0.356 e. The molecule has 0 atom stereocenters. The van der Waals surface area contributed by atoms with Gasteiger partial charge < -0.3 is 10.2 Å². The Balaban J connectivity index is 2.59. The maximum atomic E-state index is 11.1. The highest BCUT2D eigenvalue weighted by atomic mass is 79.9. The lowest BCUT2D eigenvalue weighted by Crippen LogP contribution is -2.04. The lowest BCUT2D eigenvalue weighted by atomic mass is 10.2. The van der Waals surface area contributed by atoms with Crippen LogP contribution in [0.5, 0.6) is 0 Å². The summed E-state index contributed by atoms with van der Waals surface area (Å²) in [5, 5.41) is 22.7. The molecule has 2 rings (SSSR count). The van der Waals surface area contributed by atoms with Crippen molar-refractivity contribution in [2.75, 3.05) is 6.61 Å². The van der Waals surface area contributed by atoms with Gasteiger partial charge in [0.2, 0.25) is 0 Å². The van der Waals surface area contributed by atoms with E-state index in [1.807, 2.05) is 0 Å². The van der Waals surface area contributed by atoms with Crippen molar-refractivity contribution in [1.82, 2.24) is 9.78 Å². The molecule has 0 bridgehead atoms. The fourth-order valence-corrected chi connectivity index (χ4v) is 3.14. The molecule has 0 aliphatic heterocycles. The molecule has 0 amide bonds. The molecule has 1 aromatic heterocycles. The Morgan fingerprint density at radius 2 is 1.95 bits per heavy atom. The van der Waals surface area contributed by atoms with Crippen LogP contribution in [0.4, 0.5) is 0 Å². The first-order valence-corrected chi connectivity index (χ1v) is 7.06. The van der Waals surface area contributed by atoms with Crippen molar-refractivity contribution in [2.24, 2.45) is 0 Å². The molecule has 0 spiro atoms. The molecule has 0 saturated carbocycles. The van der Waals surface area contributed by atoms with Crippen LogP contribution in [-0.2, 0) is 6.42 Å². The highest BCUT2D eigenvalue weighted by molar-refractivity contribution is 9.10. The van der Waals surface area contributed by atoms with Crippen LogP contribution in [0, 0.1) is 0 Å². The van der Waals surface area contributed by atoms with E-state index in [-0.39, 0.29) is 18.7 Å². The second-order valence-corrected chi connectivity index (χ2v) is 5.67. The van der Waals surface area contributed by atoms with Crippen LogP contribution in [0.15, 0.2) is 22.8 Å². The van der Waals surface area contributed by atoms with Crippen LogP contribution in [0.25, 0.3) is 5.69 Å². The number of carboxylic acids is 1. The topological polar surface area (TPSA) is 75.3 Å². The van der Waals surface area contributed by atoms with E-state index in [1.165, 1.54) is 10.9 Å². The number of nitrogens with zero attached hydrogens (tertiary/aromatic N) is 2. The van der Waals surface area contributed by atoms with Gasteiger partial charge in [0.05, 0.1) is 10.0 Å². The second-order valence-electron chi connectivity index (χ2n) is 3.94. The first kappa shape index (κ1) is 15.3. The first-order chi connectivity index (χ1) is 9.43. The molecule has 0 saturated heterocycles. The number of aliphatic hydroxyl groups is 1. The normalized spacial score (nSPS) is 10.8. The number of hydrogen-bond donors (Lipinski definition) is 2. The highest BCUT2D eigenvalue weighted by Gasteiger charge is 2.18. The van der Waals surface area contributed by atoms with Gasteiger partial charge in [0.15, 0.2) is 5.69 Å². The van der Waals surface area contributed by atoms with Gasteiger partial charge in [-0.05, 0) is 18.6 Å². The van der Waals surface area contributed by atoms with Crippen molar-refractivity contribution in [2.45, 2.75) is 6.42 Å². The predicted molar refractivity (Wildman–Crippen MR) is 79.0 cm³/mol. The van der Waals surface area contributed by atoms with E-state index in [0.29, 0.717) is 25.8 Å². The second kappa shape index (κ2) is 6.13. The van der Waals surface area contributed by atoms with Gasteiger partial charge in [-0.1, -0.05) is 39.1 Å². The van der Waals surface area contributed by atoms with E-state index >= 15 is 0 Å². The van der Waals surface area contributed by atoms with E-state index < -0.39 is 5.97 Å². The predicted octanol–water partition coefficient (Wildman–Crippen LogP) is 3.17. The molecule has 0 unspecified atom stereocenters. The average molecular weight is 380 g/mol. The van der Waals surface area contributed by atoms with E-state index in [9.17, 15) is 4.79 Å². The third kappa shape index (κ3) is 2.98. The Hall–Kier alpha value is -1.08. The van der Waals surface area contributed by atoms with Crippen LogP contribution in [-0.4, -0.2) is 32.6 Å². The van der Waals surface area contributed by atoms with Crippen molar-refractivity contribution < 1.29 is 15.0 Å². The summed E-state index contributed by atoms with van der Waals surface area (Å²) in [6.45, 7) is -0.173. The summed E-state index contributed by atoms with van der Waals surface area (Å²) >= 11 is 15.5. The summed E-state index contributed by atoms with van der Waals surface area (Å²) in [4.78, 5) is 11.1. The molecule has 106 valence electrons. The number of hydrogen-bond acceptors (Lipinski definition) is 3. The SMILES string of the molecule is O=C(O)c1nn(-c2c(Cl)cc(Br)cc2Cl)cc1CCO. The van der Waals surface area contributed by atoms with Gasteiger partial charge >= 0.3 is 5.97 Å². The Kier molecular flexibility index (Phi) is 4.70. The summed E-state index contributed by atoms with van der Waals surface area (Å²) in [6, 6.07) is 3.27. The van der Waals surface area contributed by atoms with E-state index in [2.05, 4.69) is 21.0 Å². The minimum Gasteiger partial charge on any atom is -0.476 e. The third-order valence-corrected chi connectivity index (χ3v) is 3.62. The number of aromatic nitrogens is 2. The maximum Gasteiger partial charge on any atom is 0.356 e. The van der Waals surface area contributed by atoms with E-state index in [1.54, 1.807) is 12.1 Å². The summed E-state index contributed by atoms with van der Waals surface area (Å²) in [5.41, 5.74) is 0.673. The quantitative estimate of drug-likeness (QED) is 0.855. The molecule has 8 heteroatoms. The Bertz CT molecular complexity index is 650. The number of rotatable bonds is 4. The lowest BCUT2D eigenvalue weighted by Gasteiger charge is -2.07. The average Bonchev–Trinajstić information content (AvgIpc) is 2.72. The molecule has 0 fully saturated rings. The van der Waals surface area contributed by atoms with Gasteiger partial charge in [0.25, 0.3) is 0 Å². The van der Waals surface area contributed by atoms with Crippen molar-refractivity contribution in [3.05, 3.63) is 44.1 Å². The number of aromatic carboxylic acids is 1. The number of halogens is 3. The van der Waals surface area contributed by atoms with Gasteiger partial charge in [-0.2, -0.15) is 5.10 Å². The summed E-state index contributed by atoms with van der Waals surface area (Å²) in [6.07, 6.45) is 1.69. The van der Waals surface area contributed by atoms with Crippen molar-refractivity contribution in [3.8, 4) is 5.69 Å². The van der Waals surface area contributed by atoms with E-state index in [4.69, 9.17) is 33.4 Å². The Morgan fingerprint density at radius 1 is 1.35 bits per heavy atom. The molecular formula is C12H9BrCl2N2O3. The van der Waals surface area contributed by atoms with Crippen molar-refractivity contribution >= 4 is 45.1 Å². The zero-order valence-corrected chi connectivity index (χ0v) is 13.1. The molecule has 1 aromatic carbocycles. The fourth-order valence-electron chi connectivity index (χ4n) is 1.76. The van der Waals surface area contributed by atoms with Crippen LogP contribution in [0.3, 0.4) is 0 Å². The molecule has 2 N–H and O–H groups in total. The van der Waals surface area contributed by atoms with Crippen LogP contribution < -0.4 is 0 Å². The maximum absolute atomic E-state index is 11.1. The highest BCUT2D eigenvalue weighted by Crippen LogP contribution is 2.32. The molecular weight excluding hydrogens is 371 g/mol. The van der Waals surface area contributed by atoms with Crippen LogP contribution >= 0.6 is 39.1 Å². The molecule has 2 aromatic rings. The monoisotopic (exact) mass is 378 g/mol. The molecule has 5 nitrogen and oxygen atoms in total. The van der Waals surface area contributed by atoms with Crippen molar-refractivity contribution in [3.63, 3.8) is 0 Å². The molecule has 20 heavy (non-hydrogen) atoms. The standard InChI is InChI=1S/C12H9BrCl2N2O3/c13-7-3-8(14)11(9(15)4-7)17-5-6(1-2-18)10(16-17)12(19)20/h3-5,18H,1-2H2,(H,19,20). The number of aliphatic hydroxyl groups excluding tert-OH is 1. The van der Waals surface area contributed by atoms with Gasteiger partial charge in [0.1, 0.15) is 5.69 Å². The van der Waals surface area contributed by atoms with Gasteiger partial charge in [-0.3, -0.25) is 0 Å². The minimum absolute atomic E-state index is 0.130. The first-order valence-electron chi connectivity index (χ1n) is 5.51. The largest absolute Gasteiger partial charge is 0.476 e. The van der Waals surface area contributed by atoms with Gasteiger partial charge in [-0.25, -0.2) is 9.48 Å². The zero-order chi connectivity index (χ0) is 14.9. The number of carbonyl (C=O) groups is 1. The zero-order valence-electron chi connectivity index (χ0n) is 9.98. The van der Waals surface area contributed by atoms with Crippen LogP contribution in [0.2, 0.25) is 10.0 Å². The summed E-state index contributed by atoms with van der Waals surface area (Å²) in [5.74, 6) is -1.17. The van der Waals surface area contributed by atoms with Gasteiger partial charge in [-0.15, -0.1) is 0 Å². The van der Waals surface area contributed by atoms with Crippen LogP contribution in [0.1, 0.15) is 16.1 Å². The Labute approximate surface area is 132 Å². The number of benzene rings is 1. The molecule has 1 heterocycles. The molecule has 0 aliphatic carbocycles. The molecule has 0 aliphatic rings. The lowest BCUT2D eigenvalue weighted by molar-refractivity contribution is 0.0688. The van der Waals surface area contributed by atoms with Gasteiger partial charge in [0, 0.05) is 22.8 Å². The fraction of sp³-hybridized carbons (Fsp3) is 0.167. The Morgan fingerprint density at radius 3 is 2.45 bits per heavy atom. The number of carboxylic acid groups (broad SMARTS) is 1. The molecule has 0 radical (unpaired) electrons. The summed E-state index contributed by atoms with van der Waals surface area (Å²) in [7, 11) is 0. The third-order valence-electron chi connectivity index (χ3n) is 2.58. The summed E-state index contributed by atoms with van der Waals surface area (Å²) < 4.78 is 2.02. The van der Waals surface area contributed by atoms with Crippen molar-refractivity contribution in [1.29, 1.82) is 0 Å². The minimum atomic E-state index is -1.17.